The van der Waals surface area contributed by atoms with E-state index in [1.165, 1.54) is 0 Å². The zero-order valence-corrected chi connectivity index (χ0v) is 14.7. The molecule has 0 bridgehead atoms. The lowest BCUT2D eigenvalue weighted by atomic mass is 10.3. The van der Waals surface area contributed by atoms with E-state index in [0.717, 1.165) is 5.69 Å². The van der Waals surface area contributed by atoms with Crippen LogP contribution in [0.15, 0.2) is 53.1 Å². The number of hydrogen-bond acceptors (Lipinski definition) is 4. The molecule has 0 aliphatic rings. The molecule has 1 amide bonds. The van der Waals surface area contributed by atoms with Crippen LogP contribution in [0.25, 0.3) is 0 Å². The summed E-state index contributed by atoms with van der Waals surface area (Å²) in [6, 6.07) is 12.4. The lowest BCUT2D eigenvalue weighted by Crippen LogP contribution is -2.26. The van der Waals surface area contributed by atoms with Crippen molar-refractivity contribution < 1.29 is 13.9 Å². The van der Waals surface area contributed by atoms with Crippen molar-refractivity contribution in [2.75, 3.05) is 7.05 Å². The summed E-state index contributed by atoms with van der Waals surface area (Å²) in [5.74, 6) is 1.19. The molecule has 0 saturated carbocycles. The van der Waals surface area contributed by atoms with E-state index in [2.05, 4.69) is 5.10 Å². The van der Waals surface area contributed by atoms with Crippen molar-refractivity contribution in [3.05, 3.63) is 70.9 Å². The third kappa shape index (κ3) is 4.03. The van der Waals surface area contributed by atoms with Crippen molar-refractivity contribution in [3.8, 4) is 5.75 Å². The SMILES string of the molecule is CN(Cc1ccnn1C)C(=O)c1ccc(COc2ccccc2Cl)o1. The van der Waals surface area contributed by atoms with E-state index in [0.29, 0.717) is 23.1 Å². The Bertz CT molecular complexity index is 872. The van der Waals surface area contributed by atoms with Crippen LogP contribution in [0.2, 0.25) is 5.02 Å². The molecule has 0 unspecified atom stereocenters. The van der Waals surface area contributed by atoms with E-state index in [9.17, 15) is 4.79 Å². The van der Waals surface area contributed by atoms with Crippen molar-refractivity contribution in [1.82, 2.24) is 14.7 Å². The number of aryl methyl sites for hydroxylation is 1. The number of furan rings is 1. The minimum Gasteiger partial charge on any atom is -0.484 e. The van der Waals surface area contributed by atoms with Crippen LogP contribution in [0, 0.1) is 0 Å². The van der Waals surface area contributed by atoms with Crippen LogP contribution < -0.4 is 4.74 Å². The first kappa shape index (κ1) is 17.1. The largest absolute Gasteiger partial charge is 0.484 e. The van der Waals surface area contributed by atoms with Gasteiger partial charge in [-0.25, -0.2) is 0 Å². The maximum Gasteiger partial charge on any atom is 0.289 e. The molecular formula is C18H18ClN3O3. The Morgan fingerprint density at radius 3 is 2.80 bits per heavy atom. The fourth-order valence-electron chi connectivity index (χ4n) is 2.34. The van der Waals surface area contributed by atoms with Gasteiger partial charge in [0.25, 0.3) is 5.91 Å². The van der Waals surface area contributed by atoms with Gasteiger partial charge >= 0.3 is 0 Å². The average molecular weight is 360 g/mol. The second-order valence-corrected chi connectivity index (χ2v) is 6.00. The van der Waals surface area contributed by atoms with Crippen molar-refractivity contribution in [3.63, 3.8) is 0 Å². The van der Waals surface area contributed by atoms with Crippen molar-refractivity contribution in [2.24, 2.45) is 7.05 Å². The molecule has 0 radical (unpaired) electrons. The molecule has 6 nitrogen and oxygen atoms in total. The molecule has 0 atom stereocenters. The molecule has 0 aliphatic heterocycles. The van der Waals surface area contributed by atoms with Gasteiger partial charge in [0.15, 0.2) is 5.76 Å². The molecule has 0 N–H and O–H groups in total. The van der Waals surface area contributed by atoms with E-state index in [4.69, 9.17) is 20.8 Å². The van der Waals surface area contributed by atoms with Gasteiger partial charge in [-0.2, -0.15) is 5.10 Å². The Labute approximate surface area is 150 Å². The predicted molar refractivity (Wildman–Crippen MR) is 93.5 cm³/mol. The molecule has 0 fully saturated rings. The van der Waals surface area contributed by atoms with Gasteiger partial charge in [-0.05, 0) is 30.3 Å². The van der Waals surface area contributed by atoms with E-state index >= 15 is 0 Å². The smallest absolute Gasteiger partial charge is 0.289 e. The van der Waals surface area contributed by atoms with Crippen molar-refractivity contribution in [2.45, 2.75) is 13.2 Å². The highest BCUT2D eigenvalue weighted by Gasteiger charge is 2.17. The summed E-state index contributed by atoms with van der Waals surface area (Å²) in [7, 11) is 3.56. The first-order valence-electron chi connectivity index (χ1n) is 7.73. The monoisotopic (exact) mass is 359 g/mol. The number of nitrogens with zero attached hydrogens (tertiary/aromatic N) is 3. The van der Waals surface area contributed by atoms with Crippen LogP contribution in [0.4, 0.5) is 0 Å². The Hall–Kier alpha value is -2.73. The number of halogens is 1. The fraction of sp³-hybridized carbons (Fsp3) is 0.222. The van der Waals surface area contributed by atoms with Crippen LogP contribution in [0.5, 0.6) is 5.75 Å². The maximum atomic E-state index is 12.5. The fourth-order valence-corrected chi connectivity index (χ4v) is 2.53. The molecule has 1 aromatic carbocycles. The van der Waals surface area contributed by atoms with E-state index in [-0.39, 0.29) is 18.3 Å². The first-order valence-corrected chi connectivity index (χ1v) is 8.11. The summed E-state index contributed by atoms with van der Waals surface area (Å²) in [4.78, 5) is 14.0. The van der Waals surface area contributed by atoms with Crippen LogP contribution in [-0.4, -0.2) is 27.6 Å². The van der Waals surface area contributed by atoms with E-state index < -0.39 is 0 Å². The minimum atomic E-state index is -0.204. The lowest BCUT2D eigenvalue weighted by molar-refractivity contribution is 0.0746. The van der Waals surface area contributed by atoms with Gasteiger partial charge in [-0.3, -0.25) is 9.48 Å². The molecule has 25 heavy (non-hydrogen) atoms. The maximum absolute atomic E-state index is 12.5. The molecule has 0 spiro atoms. The molecule has 7 heteroatoms. The van der Waals surface area contributed by atoms with Gasteiger partial charge in [-0.15, -0.1) is 0 Å². The van der Waals surface area contributed by atoms with Crippen LogP contribution in [-0.2, 0) is 20.2 Å². The quantitative estimate of drug-likeness (QED) is 0.675. The number of carbonyl (C=O) groups is 1. The number of hydrogen-bond donors (Lipinski definition) is 0. The minimum absolute atomic E-state index is 0.197. The molecule has 2 aromatic heterocycles. The first-order chi connectivity index (χ1) is 12.0. The van der Waals surface area contributed by atoms with Gasteiger partial charge in [0.1, 0.15) is 18.1 Å². The summed E-state index contributed by atoms with van der Waals surface area (Å²) >= 11 is 6.04. The highest BCUT2D eigenvalue weighted by molar-refractivity contribution is 6.32. The Morgan fingerprint density at radius 2 is 2.08 bits per heavy atom. The number of ether oxygens (including phenoxy) is 1. The third-order valence-electron chi connectivity index (χ3n) is 3.75. The standard InChI is InChI=1S/C18H18ClN3O3/c1-21(11-13-9-10-20-22(13)2)18(23)17-8-7-14(25-17)12-24-16-6-4-3-5-15(16)19/h3-10H,11-12H2,1-2H3. The summed E-state index contributed by atoms with van der Waals surface area (Å²) in [6.45, 7) is 0.643. The van der Waals surface area contributed by atoms with Gasteiger partial charge in [0.05, 0.1) is 17.3 Å². The van der Waals surface area contributed by atoms with Crippen LogP contribution >= 0.6 is 11.6 Å². The summed E-state index contributed by atoms with van der Waals surface area (Å²) < 4.78 is 12.9. The number of benzene rings is 1. The molecule has 0 saturated heterocycles. The zero-order chi connectivity index (χ0) is 17.8. The Kier molecular flexibility index (Phi) is 5.09. The Balaban J connectivity index is 1.61. The highest BCUT2D eigenvalue weighted by Crippen LogP contribution is 2.24. The van der Waals surface area contributed by atoms with Crippen LogP contribution in [0.3, 0.4) is 0 Å². The number of para-hydroxylation sites is 1. The summed E-state index contributed by atoms with van der Waals surface area (Å²) in [5.41, 5.74) is 0.935. The predicted octanol–water partition coefficient (Wildman–Crippen LogP) is 3.52. The molecule has 130 valence electrons. The molecular weight excluding hydrogens is 342 g/mol. The van der Waals surface area contributed by atoms with Gasteiger partial charge in [0, 0.05) is 20.3 Å². The number of aromatic nitrogens is 2. The zero-order valence-electron chi connectivity index (χ0n) is 14.0. The molecule has 3 aromatic rings. The average Bonchev–Trinajstić information content (AvgIpc) is 3.23. The molecule has 2 heterocycles. The summed E-state index contributed by atoms with van der Waals surface area (Å²) in [6.07, 6.45) is 1.70. The lowest BCUT2D eigenvalue weighted by Gasteiger charge is -2.15. The second-order valence-electron chi connectivity index (χ2n) is 5.59. The topological polar surface area (TPSA) is 60.5 Å². The molecule has 3 rings (SSSR count). The highest BCUT2D eigenvalue weighted by atomic mass is 35.5. The van der Waals surface area contributed by atoms with E-state index in [1.807, 2.05) is 25.2 Å². The normalized spacial score (nSPS) is 10.7. The Morgan fingerprint density at radius 1 is 1.28 bits per heavy atom. The second kappa shape index (κ2) is 7.44. The van der Waals surface area contributed by atoms with Gasteiger partial charge < -0.3 is 14.1 Å². The van der Waals surface area contributed by atoms with E-state index in [1.54, 1.807) is 47.1 Å². The number of carbonyl (C=O) groups excluding carboxylic acids is 1. The van der Waals surface area contributed by atoms with Gasteiger partial charge in [-0.1, -0.05) is 23.7 Å². The van der Waals surface area contributed by atoms with Crippen molar-refractivity contribution in [1.29, 1.82) is 0 Å². The molecule has 0 aliphatic carbocycles. The van der Waals surface area contributed by atoms with Crippen molar-refractivity contribution >= 4 is 17.5 Å². The number of rotatable bonds is 6. The van der Waals surface area contributed by atoms with Crippen LogP contribution in [0.1, 0.15) is 22.0 Å². The summed E-state index contributed by atoms with van der Waals surface area (Å²) in [5, 5.41) is 4.62. The van der Waals surface area contributed by atoms with Gasteiger partial charge in [0.2, 0.25) is 0 Å². The third-order valence-corrected chi connectivity index (χ3v) is 4.06. The number of amides is 1.